The largest absolute Gasteiger partial charge is 0.398 e. The van der Waals surface area contributed by atoms with Crippen LogP contribution in [0.25, 0.3) is 0 Å². The SMILES string of the molecule is CC(C)(CCO)NS(=O)(=O)c1cc(N)cs1. The minimum atomic E-state index is -3.54. The molecule has 0 saturated carbocycles. The molecular weight excluding hydrogens is 248 g/mol. The van der Waals surface area contributed by atoms with Crippen LogP contribution in [-0.2, 0) is 10.0 Å². The normalized spacial score (nSPS) is 12.9. The van der Waals surface area contributed by atoms with Crippen molar-refractivity contribution in [2.75, 3.05) is 12.3 Å². The minimum Gasteiger partial charge on any atom is -0.398 e. The fourth-order valence-electron chi connectivity index (χ4n) is 1.22. The minimum absolute atomic E-state index is 0.0674. The van der Waals surface area contributed by atoms with Gasteiger partial charge in [0.1, 0.15) is 4.21 Å². The van der Waals surface area contributed by atoms with Crippen LogP contribution in [0, 0.1) is 0 Å². The summed E-state index contributed by atoms with van der Waals surface area (Å²) in [6.07, 6.45) is 0.354. The first-order valence-electron chi connectivity index (χ1n) is 4.76. The predicted octanol–water partition coefficient (Wildman–Crippen LogP) is 0.770. The zero-order chi connectivity index (χ0) is 12.4. The predicted molar refractivity (Wildman–Crippen MR) is 64.8 cm³/mol. The Morgan fingerprint density at radius 1 is 1.56 bits per heavy atom. The average Bonchev–Trinajstić information content (AvgIpc) is 2.49. The number of nitrogens with two attached hydrogens (primary N) is 1. The Bertz CT molecular complexity index is 451. The first kappa shape index (κ1) is 13.4. The van der Waals surface area contributed by atoms with Crippen LogP contribution in [0.15, 0.2) is 15.7 Å². The van der Waals surface area contributed by atoms with Crippen LogP contribution in [0.5, 0.6) is 0 Å². The first-order chi connectivity index (χ1) is 7.27. The van der Waals surface area contributed by atoms with Crippen molar-refractivity contribution in [2.24, 2.45) is 0 Å². The Labute approximate surface area is 99.3 Å². The van der Waals surface area contributed by atoms with E-state index in [4.69, 9.17) is 10.8 Å². The van der Waals surface area contributed by atoms with Crippen molar-refractivity contribution in [3.8, 4) is 0 Å². The summed E-state index contributed by atoms with van der Waals surface area (Å²) in [5, 5.41) is 10.4. The summed E-state index contributed by atoms with van der Waals surface area (Å²) >= 11 is 1.08. The van der Waals surface area contributed by atoms with E-state index in [2.05, 4.69) is 4.72 Å². The molecule has 7 heteroatoms. The molecule has 0 fully saturated rings. The summed E-state index contributed by atoms with van der Waals surface area (Å²) in [7, 11) is -3.54. The van der Waals surface area contributed by atoms with Crippen molar-refractivity contribution >= 4 is 27.0 Å². The second kappa shape index (κ2) is 4.70. The number of hydrogen-bond acceptors (Lipinski definition) is 5. The zero-order valence-electron chi connectivity index (χ0n) is 9.23. The Hall–Kier alpha value is -0.630. The maximum atomic E-state index is 11.9. The van der Waals surface area contributed by atoms with Crippen LogP contribution in [0.4, 0.5) is 5.69 Å². The molecule has 16 heavy (non-hydrogen) atoms. The lowest BCUT2D eigenvalue weighted by atomic mass is 10.0. The highest BCUT2D eigenvalue weighted by atomic mass is 32.2. The van der Waals surface area contributed by atoms with Crippen molar-refractivity contribution in [1.29, 1.82) is 0 Å². The van der Waals surface area contributed by atoms with Gasteiger partial charge in [-0.25, -0.2) is 13.1 Å². The molecule has 4 N–H and O–H groups in total. The third-order valence-corrected chi connectivity index (χ3v) is 5.16. The molecule has 0 aliphatic rings. The highest BCUT2D eigenvalue weighted by Crippen LogP contribution is 2.23. The molecule has 1 aromatic rings. The number of hydrogen-bond donors (Lipinski definition) is 3. The summed E-state index contributed by atoms with van der Waals surface area (Å²) < 4.78 is 26.5. The van der Waals surface area contributed by atoms with E-state index in [9.17, 15) is 8.42 Å². The highest BCUT2D eigenvalue weighted by molar-refractivity contribution is 7.91. The second-order valence-electron chi connectivity index (χ2n) is 4.16. The van der Waals surface area contributed by atoms with Crippen LogP contribution in [0.2, 0.25) is 0 Å². The van der Waals surface area contributed by atoms with Crippen LogP contribution < -0.4 is 10.5 Å². The van der Waals surface area contributed by atoms with Gasteiger partial charge in [0.2, 0.25) is 0 Å². The molecular formula is C9H16N2O3S2. The fourth-order valence-corrected chi connectivity index (χ4v) is 3.74. The van der Waals surface area contributed by atoms with E-state index < -0.39 is 15.6 Å². The number of aliphatic hydroxyl groups excluding tert-OH is 1. The lowest BCUT2D eigenvalue weighted by Gasteiger charge is -2.24. The van der Waals surface area contributed by atoms with Gasteiger partial charge in [-0.2, -0.15) is 0 Å². The maximum absolute atomic E-state index is 11.9. The van der Waals surface area contributed by atoms with Crippen LogP contribution in [0.1, 0.15) is 20.3 Å². The van der Waals surface area contributed by atoms with Gasteiger partial charge in [0.25, 0.3) is 10.0 Å². The third-order valence-electron chi connectivity index (χ3n) is 2.01. The summed E-state index contributed by atoms with van der Waals surface area (Å²) in [4.78, 5) is 0. The van der Waals surface area contributed by atoms with E-state index in [1.165, 1.54) is 6.07 Å². The Balaban J connectivity index is 2.88. The third kappa shape index (κ3) is 3.44. The van der Waals surface area contributed by atoms with Crippen molar-refractivity contribution in [2.45, 2.75) is 30.0 Å². The lowest BCUT2D eigenvalue weighted by molar-refractivity contribution is 0.246. The van der Waals surface area contributed by atoms with Gasteiger partial charge in [0.05, 0.1) is 0 Å². The molecule has 0 spiro atoms. The van der Waals surface area contributed by atoms with E-state index in [0.717, 1.165) is 11.3 Å². The number of sulfonamides is 1. The van der Waals surface area contributed by atoms with Crippen LogP contribution in [-0.4, -0.2) is 25.7 Å². The monoisotopic (exact) mass is 264 g/mol. The van der Waals surface area contributed by atoms with Crippen molar-refractivity contribution in [1.82, 2.24) is 4.72 Å². The van der Waals surface area contributed by atoms with Gasteiger partial charge >= 0.3 is 0 Å². The molecule has 0 unspecified atom stereocenters. The molecule has 0 aromatic carbocycles. The molecule has 92 valence electrons. The zero-order valence-corrected chi connectivity index (χ0v) is 10.9. The average molecular weight is 264 g/mol. The fraction of sp³-hybridized carbons (Fsp3) is 0.556. The summed E-state index contributed by atoms with van der Waals surface area (Å²) in [6.45, 7) is 3.37. The maximum Gasteiger partial charge on any atom is 0.250 e. The standard InChI is InChI=1S/C9H16N2O3S2/c1-9(2,3-4-12)11-16(13,14)8-5-7(10)6-15-8/h5-6,11-12H,3-4,10H2,1-2H3. The summed E-state index contributed by atoms with van der Waals surface area (Å²) in [5.74, 6) is 0. The smallest absolute Gasteiger partial charge is 0.250 e. The lowest BCUT2D eigenvalue weighted by Crippen LogP contribution is -2.43. The molecule has 0 aliphatic heterocycles. The van der Waals surface area contributed by atoms with Crippen molar-refractivity contribution < 1.29 is 13.5 Å². The molecule has 0 amide bonds. The van der Waals surface area contributed by atoms with Gasteiger partial charge in [0.15, 0.2) is 0 Å². The highest BCUT2D eigenvalue weighted by Gasteiger charge is 2.26. The molecule has 1 heterocycles. The molecule has 0 aliphatic carbocycles. The van der Waals surface area contributed by atoms with E-state index in [1.807, 2.05) is 0 Å². The van der Waals surface area contributed by atoms with Crippen molar-refractivity contribution in [3.63, 3.8) is 0 Å². The topological polar surface area (TPSA) is 92.4 Å². The number of thiophene rings is 1. The quantitative estimate of drug-likeness (QED) is 0.732. The van der Waals surface area contributed by atoms with Gasteiger partial charge in [-0.15, -0.1) is 11.3 Å². The summed E-state index contributed by atoms with van der Waals surface area (Å²) in [6, 6.07) is 1.42. The Morgan fingerprint density at radius 2 is 2.19 bits per heavy atom. The number of nitrogen functional groups attached to an aromatic ring is 1. The first-order valence-corrected chi connectivity index (χ1v) is 7.12. The van der Waals surface area contributed by atoms with Crippen LogP contribution in [0.3, 0.4) is 0 Å². The van der Waals surface area contributed by atoms with Gasteiger partial charge in [0, 0.05) is 23.2 Å². The number of rotatable bonds is 5. The molecule has 5 nitrogen and oxygen atoms in total. The Morgan fingerprint density at radius 3 is 2.62 bits per heavy atom. The van der Waals surface area contributed by atoms with Crippen LogP contribution >= 0.6 is 11.3 Å². The van der Waals surface area contributed by atoms with Gasteiger partial charge in [-0.05, 0) is 26.3 Å². The summed E-state index contributed by atoms with van der Waals surface area (Å²) in [5.41, 5.74) is 5.24. The van der Waals surface area contributed by atoms with E-state index in [-0.39, 0.29) is 10.8 Å². The van der Waals surface area contributed by atoms with Gasteiger partial charge < -0.3 is 10.8 Å². The molecule has 1 aromatic heterocycles. The van der Waals surface area contributed by atoms with E-state index in [0.29, 0.717) is 12.1 Å². The van der Waals surface area contributed by atoms with Gasteiger partial charge in [-0.1, -0.05) is 0 Å². The van der Waals surface area contributed by atoms with Gasteiger partial charge in [-0.3, -0.25) is 0 Å². The molecule has 0 saturated heterocycles. The molecule has 1 rings (SSSR count). The molecule has 0 bridgehead atoms. The van der Waals surface area contributed by atoms with E-state index in [1.54, 1.807) is 19.2 Å². The molecule has 0 atom stereocenters. The number of nitrogens with one attached hydrogen (secondary N) is 1. The Kier molecular flexibility index (Phi) is 3.95. The second-order valence-corrected chi connectivity index (χ2v) is 6.98. The van der Waals surface area contributed by atoms with Crippen molar-refractivity contribution in [3.05, 3.63) is 11.4 Å². The number of anilines is 1. The molecule has 0 radical (unpaired) electrons. The van der Waals surface area contributed by atoms with E-state index >= 15 is 0 Å². The number of aliphatic hydroxyl groups is 1.